The van der Waals surface area contributed by atoms with Crippen molar-refractivity contribution >= 4 is 0 Å². The van der Waals surface area contributed by atoms with Crippen molar-refractivity contribution in [1.29, 1.82) is 0 Å². The minimum absolute atomic E-state index is 0.183. The molecule has 1 heterocycles. The summed E-state index contributed by atoms with van der Waals surface area (Å²) in [5, 5.41) is 0. The van der Waals surface area contributed by atoms with Gasteiger partial charge in [0.15, 0.2) is 11.6 Å². The van der Waals surface area contributed by atoms with Crippen LogP contribution in [0.2, 0.25) is 0 Å². The van der Waals surface area contributed by atoms with Crippen LogP contribution in [0, 0.1) is 19.7 Å². The summed E-state index contributed by atoms with van der Waals surface area (Å²) in [5.41, 5.74) is 7.90. The van der Waals surface area contributed by atoms with Gasteiger partial charge in [-0.2, -0.15) is 0 Å². The van der Waals surface area contributed by atoms with Gasteiger partial charge in [0.25, 0.3) is 0 Å². The van der Waals surface area contributed by atoms with E-state index < -0.39 is 11.9 Å². The fourth-order valence-corrected chi connectivity index (χ4v) is 1.79. The monoisotopic (exact) mass is 249 g/mol. The molecule has 0 saturated carbocycles. The van der Waals surface area contributed by atoms with Crippen molar-refractivity contribution in [2.75, 3.05) is 7.11 Å². The highest BCUT2D eigenvalue weighted by atomic mass is 19.1. The van der Waals surface area contributed by atoms with Gasteiger partial charge >= 0.3 is 0 Å². The summed E-state index contributed by atoms with van der Waals surface area (Å²) in [4.78, 5) is 0. The smallest absolute Gasteiger partial charge is 0.165 e. The maximum absolute atomic E-state index is 13.3. The number of rotatable bonds is 3. The average molecular weight is 249 g/mol. The molecule has 0 amide bonds. The molecule has 2 N–H and O–H groups in total. The number of benzene rings is 1. The lowest BCUT2D eigenvalue weighted by Gasteiger charge is -2.11. The van der Waals surface area contributed by atoms with Gasteiger partial charge in [-0.3, -0.25) is 0 Å². The largest absolute Gasteiger partial charge is 0.494 e. The van der Waals surface area contributed by atoms with Gasteiger partial charge in [-0.25, -0.2) is 4.39 Å². The van der Waals surface area contributed by atoms with E-state index in [9.17, 15) is 4.39 Å². The Balaban J connectivity index is 2.36. The molecule has 0 aliphatic rings. The number of ether oxygens (including phenoxy) is 1. The maximum atomic E-state index is 13.3. The van der Waals surface area contributed by atoms with Gasteiger partial charge in [-0.05, 0) is 43.2 Å². The van der Waals surface area contributed by atoms with Gasteiger partial charge in [0, 0.05) is 0 Å². The fraction of sp³-hybridized carbons (Fsp3) is 0.286. The summed E-state index contributed by atoms with van der Waals surface area (Å²) in [6.07, 6.45) is 0. The van der Waals surface area contributed by atoms with Gasteiger partial charge < -0.3 is 14.9 Å². The van der Waals surface area contributed by atoms with Gasteiger partial charge in [0.05, 0.1) is 13.2 Å². The lowest BCUT2D eigenvalue weighted by molar-refractivity contribution is 0.385. The number of aryl methyl sites for hydroxylation is 2. The van der Waals surface area contributed by atoms with Crippen molar-refractivity contribution in [3.63, 3.8) is 0 Å². The predicted molar refractivity (Wildman–Crippen MR) is 67.2 cm³/mol. The standard InChI is InChI=1S/C14H16FNO2/c1-8-6-13(18-9(8)2)14(16)10-4-5-11(15)12(7-10)17-3/h4-7,14H,16H2,1-3H3. The second-order valence-electron chi connectivity index (χ2n) is 4.26. The molecule has 0 saturated heterocycles. The lowest BCUT2D eigenvalue weighted by atomic mass is 10.0. The minimum atomic E-state index is -0.424. The first-order chi connectivity index (χ1) is 8.52. The molecule has 2 rings (SSSR count). The zero-order valence-corrected chi connectivity index (χ0v) is 10.7. The molecule has 0 spiro atoms. The predicted octanol–water partition coefficient (Wildman–Crippen LogP) is 3.09. The van der Waals surface area contributed by atoms with Crippen LogP contribution in [0.4, 0.5) is 4.39 Å². The molecule has 0 aliphatic heterocycles. The molecular formula is C14H16FNO2. The Bertz CT molecular complexity index is 543. The Morgan fingerprint density at radius 1 is 1.28 bits per heavy atom. The quantitative estimate of drug-likeness (QED) is 0.909. The van der Waals surface area contributed by atoms with E-state index in [1.54, 1.807) is 12.1 Å². The third-order valence-corrected chi connectivity index (χ3v) is 3.03. The van der Waals surface area contributed by atoms with E-state index in [0.717, 1.165) is 16.9 Å². The second kappa shape index (κ2) is 4.82. The molecule has 1 atom stereocenters. The van der Waals surface area contributed by atoms with E-state index in [4.69, 9.17) is 14.9 Å². The van der Waals surface area contributed by atoms with Crippen molar-refractivity contribution in [2.45, 2.75) is 19.9 Å². The summed E-state index contributed by atoms with van der Waals surface area (Å²) >= 11 is 0. The summed E-state index contributed by atoms with van der Waals surface area (Å²) in [6.45, 7) is 3.84. The number of methoxy groups -OCH3 is 1. The molecule has 0 radical (unpaired) electrons. The van der Waals surface area contributed by atoms with Gasteiger partial charge in [0.2, 0.25) is 0 Å². The highest BCUT2D eigenvalue weighted by Gasteiger charge is 2.16. The maximum Gasteiger partial charge on any atom is 0.165 e. The highest BCUT2D eigenvalue weighted by molar-refractivity contribution is 5.36. The van der Waals surface area contributed by atoms with E-state index in [0.29, 0.717) is 5.76 Å². The van der Waals surface area contributed by atoms with Crippen LogP contribution in [0.15, 0.2) is 28.7 Å². The van der Waals surface area contributed by atoms with Crippen molar-refractivity contribution in [2.24, 2.45) is 5.73 Å². The third-order valence-electron chi connectivity index (χ3n) is 3.03. The molecule has 1 aromatic carbocycles. The van der Waals surface area contributed by atoms with Crippen LogP contribution in [-0.4, -0.2) is 7.11 Å². The number of hydrogen-bond donors (Lipinski definition) is 1. The Hall–Kier alpha value is -1.81. The molecular weight excluding hydrogens is 233 g/mol. The van der Waals surface area contributed by atoms with Crippen LogP contribution in [0.25, 0.3) is 0 Å². The Kier molecular flexibility index (Phi) is 3.39. The zero-order valence-electron chi connectivity index (χ0n) is 10.7. The van der Waals surface area contributed by atoms with Crippen LogP contribution in [-0.2, 0) is 0 Å². The zero-order chi connectivity index (χ0) is 13.3. The molecule has 0 bridgehead atoms. The van der Waals surface area contributed by atoms with Crippen LogP contribution < -0.4 is 10.5 Å². The SMILES string of the molecule is COc1cc(C(N)c2cc(C)c(C)o2)ccc1F. The number of hydrogen-bond acceptors (Lipinski definition) is 3. The number of furan rings is 1. The van der Waals surface area contributed by atoms with Gasteiger partial charge in [0.1, 0.15) is 11.5 Å². The first-order valence-electron chi connectivity index (χ1n) is 5.69. The third kappa shape index (κ3) is 2.24. The lowest BCUT2D eigenvalue weighted by Crippen LogP contribution is -2.11. The summed E-state index contributed by atoms with van der Waals surface area (Å²) in [6, 6.07) is 6.04. The molecule has 3 nitrogen and oxygen atoms in total. The normalized spacial score (nSPS) is 12.5. The Morgan fingerprint density at radius 3 is 2.56 bits per heavy atom. The number of nitrogens with two attached hydrogens (primary N) is 1. The molecule has 1 unspecified atom stereocenters. The van der Waals surface area contributed by atoms with Crippen LogP contribution in [0.3, 0.4) is 0 Å². The summed E-state index contributed by atoms with van der Waals surface area (Å²) < 4.78 is 23.8. The van der Waals surface area contributed by atoms with E-state index in [2.05, 4.69) is 0 Å². The van der Waals surface area contributed by atoms with E-state index >= 15 is 0 Å². The highest BCUT2D eigenvalue weighted by Crippen LogP contribution is 2.27. The van der Waals surface area contributed by atoms with Crippen LogP contribution in [0.5, 0.6) is 5.75 Å². The Labute approximate surface area is 105 Å². The Morgan fingerprint density at radius 2 is 2.00 bits per heavy atom. The topological polar surface area (TPSA) is 48.4 Å². The molecule has 1 aromatic heterocycles. The van der Waals surface area contributed by atoms with Crippen molar-refractivity contribution in [3.8, 4) is 5.75 Å². The van der Waals surface area contributed by atoms with Gasteiger partial charge in [-0.1, -0.05) is 6.07 Å². The van der Waals surface area contributed by atoms with Crippen molar-refractivity contribution in [1.82, 2.24) is 0 Å². The van der Waals surface area contributed by atoms with E-state index in [-0.39, 0.29) is 5.75 Å². The molecule has 96 valence electrons. The van der Waals surface area contributed by atoms with E-state index in [1.165, 1.54) is 13.2 Å². The van der Waals surface area contributed by atoms with Gasteiger partial charge in [-0.15, -0.1) is 0 Å². The second-order valence-corrected chi connectivity index (χ2v) is 4.26. The van der Waals surface area contributed by atoms with E-state index in [1.807, 2.05) is 19.9 Å². The summed E-state index contributed by atoms with van der Waals surface area (Å²) in [7, 11) is 1.43. The first kappa shape index (κ1) is 12.6. The first-order valence-corrected chi connectivity index (χ1v) is 5.69. The van der Waals surface area contributed by atoms with Crippen molar-refractivity contribution < 1.29 is 13.5 Å². The molecule has 0 aliphatic carbocycles. The van der Waals surface area contributed by atoms with Crippen LogP contribution in [0.1, 0.15) is 28.7 Å². The molecule has 4 heteroatoms. The van der Waals surface area contributed by atoms with Crippen molar-refractivity contribution in [3.05, 3.63) is 52.7 Å². The fourth-order valence-electron chi connectivity index (χ4n) is 1.79. The number of halogens is 1. The average Bonchev–Trinajstić information content (AvgIpc) is 2.69. The molecule has 18 heavy (non-hydrogen) atoms. The molecule has 0 fully saturated rings. The minimum Gasteiger partial charge on any atom is -0.494 e. The van der Waals surface area contributed by atoms with Crippen LogP contribution >= 0.6 is 0 Å². The summed E-state index contributed by atoms with van der Waals surface area (Å²) in [5.74, 6) is 1.29. The molecule has 2 aromatic rings.